The number of carboxylic acid groups (broad SMARTS) is 1. The van der Waals surface area contributed by atoms with E-state index in [1.807, 2.05) is 42.5 Å². The van der Waals surface area contributed by atoms with Crippen LogP contribution < -0.4 is 10.5 Å². The van der Waals surface area contributed by atoms with Crippen LogP contribution in [0.2, 0.25) is 0 Å². The fourth-order valence-corrected chi connectivity index (χ4v) is 3.99. The highest BCUT2D eigenvalue weighted by atomic mass is 19.3. The van der Waals surface area contributed by atoms with E-state index in [0.29, 0.717) is 16.9 Å². The summed E-state index contributed by atoms with van der Waals surface area (Å²) in [5.74, 6) is -1.53. The molecule has 2 aromatic heterocycles. The van der Waals surface area contributed by atoms with Gasteiger partial charge in [-0.25, -0.2) is 18.4 Å². The van der Waals surface area contributed by atoms with Crippen LogP contribution in [0.5, 0.6) is 6.01 Å². The topological polar surface area (TPSA) is 123 Å². The van der Waals surface area contributed by atoms with Crippen LogP contribution in [0.3, 0.4) is 0 Å². The van der Waals surface area contributed by atoms with Crippen LogP contribution in [0.4, 0.5) is 8.78 Å². The molecule has 0 spiro atoms. The minimum absolute atomic E-state index is 0.0148. The number of nitrogens with one attached hydrogen (secondary N) is 1. The molecule has 9 nitrogen and oxygen atoms in total. The third kappa shape index (κ3) is 4.45. The van der Waals surface area contributed by atoms with Gasteiger partial charge in [0.05, 0.1) is 23.1 Å². The number of hydrogen-bond donors (Lipinski definition) is 2. The summed E-state index contributed by atoms with van der Waals surface area (Å²) < 4.78 is 37.0. The van der Waals surface area contributed by atoms with Gasteiger partial charge in [0.25, 0.3) is 12.4 Å². The molecule has 11 heteroatoms. The van der Waals surface area contributed by atoms with E-state index in [1.165, 1.54) is 16.7 Å². The number of ether oxygens (including phenoxy) is 1. The number of H-pyrrole nitrogens is 1. The predicted octanol–water partition coefficient (Wildman–Crippen LogP) is 4.44. The van der Waals surface area contributed by atoms with Gasteiger partial charge in [0, 0.05) is 5.56 Å². The highest BCUT2D eigenvalue weighted by molar-refractivity contribution is 6.01. The van der Waals surface area contributed by atoms with Crippen molar-refractivity contribution in [1.29, 1.82) is 0 Å². The Balaban J connectivity index is 1.52. The Hall–Kier alpha value is -4.80. The maximum absolute atomic E-state index is 12.8. The molecule has 2 N–H and O–H groups in total. The van der Waals surface area contributed by atoms with E-state index in [1.54, 1.807) is 12.1 Å². The standard InChI is InChI=1S/C25H18F2N4O5/c26-20(27)13-35-24-28-19-7-3-6-18(23(32)33)21(19)31(24)12-14-8-10-15(11-9-14)16-4-1-2-5-17(16)22-29-25(34)36-30-22/h1-11,20H,12-13H2,(H,32,33)(H,29,30,34). The Morgan fingerprint density at radius 3 is 2.47 bits per heavy atom. The third-order valence-electron chi connectivity index (χ3n) is 5.53. The van der Waals surface area contributed by atoms with E-state index in [-0.39, 0.29) is 23.6 Å². The van der Waals surface area contributed by atoms with E-state index in [0.717, 1.165) is 16.7 Å². The number of imidazole rings is 1. The molecule has 0 aliphatic carbocycles. The first-order chi connectivity index (χ1) is 17.4. The molecule has 0 bridgehead atoms. The summed E-state index contributed by atoms with van der Waals surface area (Å²) in [6.45, 7) is -0.733. The van der Waals surface area contributed by atoms with Crippen molar-refractivity contribution in [2.24, 2.45) is 0 Å². The monoisotopic (exact) mass is 492 g/mol. The fraction of sp³-hybridized carbons (Fsp3) is 0.120. The number of para-hydroxylation sites is 1. The SMILES string of the molecule is O=C(O)c1cccc2nc(OCC(F)F)n(Cc3ccc(-c4ccccc4-c4noc(=O)[nH]4)cc3)c12. The molecule has 5 rings (SSSR count). The lowest BCUT2D eigenvalue weighted by Crippen LogP contribution is -2.12. The normalized spacial score (nSPS) is 11.3. The van der Waals surface area contributed by atoms with Gasteiger partial charge >= 0.3 is 11.7 Å². The van der Waals surface area contributed by atoms with E-state index < -0.39 is 24.8 Å². The van der Waals surface area contributed by atoms with Crippen molar-refractivity contribution in [3.8, 4) is 28.5 Å². The zero-order valence-corrected chi connectivity index (χ0v) is 18.5. The van der Waals surface area contributed by atoms with E-state index >= 15 is 0 Å². The number of aromatic amines is 1. The van der Waals surface area contributed by atoms with Crippen molar-refractivity contribution in [2.45, 2.75) is 13.0 Å². The number of halogens is 2. The molecule has 0 saturated heterocycles. The number of aromatic nitrogens is 4. The first-order valence-corrected chi connectivity index (χ1v) is 10.8. The smallest absolute Gasteiger partial charge is 0.439 e. The maximum atomic E-state index is 12.8. The molecule has 182 valence electrons. The predicted molar refractivity (Wildman–Crippen MR) is 125 cm³/mol. The van der Waals surface area contributed by atoms with Crippen LogP contribution >= 0.6 is 0 Å². The number of benzene rings is 3. The second kappa shape index (κ2) is 9.45. The third-order valence-corrected chi connectivity index (χ3v) is 5.53. The highest BCUT2D eigenvalue weighted by Crippen LogP contribution is 2.31. The number of carbonyl (C=O) groups is 1. The molecule has 0 aliphatic heterocycles. The highest BCUT2D eigenvalue weighted by Gasteiger charge is 2.20. The van der Waals surface area contributed by atoms with Crippen molar-refractivity contribution in [3.05, 3.63) is 88.4 Å². The summed E-state index contributed by atoms with van der Waals surface area (Å²) >= 11 is 0. The Morgan fingerprint density at radius 2 is 1.81 bits per heavy atom. The van der Waals surface area contributed by atoms with Gasteiger partial charge < -0.3 is 9.84 Å². The van der Waals surface area contributed by atoms with Crippen LogP contribution in [-0.2, 0) is 6.54 Å². The van der Waals surface area contributed by atoms with E-state index in [9.17, 15) is 23.5 Å². The summed E-state index contributed by atoms with van der Waals surface area (Å²) in [6.07, 6.45) is -2.71. The molecule has 0 atom stereocenters. The average molecular weight is 492 g/mol. The first-order valence-electron chi connectivity index (χ1n) is 10.8. The molecule has 0 fully saturated rings. The minimum atomic E-state index is -2.71. The van der Waals surface area contributed by atoms with Gasteiger partial charge in [-0.05, 0) is 28.8 Å². The van der Waals surface area contributed by atoms with Crippen molar-refractivity contribution in [2.75, 3.05) is 6.61 Å². The van der Waals surface area contributed by atoms with Crippen molar-refractivity contribution in [3.63, 3.8) is 0 Å². The Bertz CT molecular complexity index is 1610. The molecular weight excluding hydrogens is 474 g/mol. The van der Waals surface area contributed by atoms with Crippen LogP contribution in [0.1, 0.15) is 15.9 Å². The van der Waals surface area contributed by atoms with Gasteiger partial charge in [0.2, 0.25) is 0 Å². The lowest BCUT2D eigenvalue weighted by atomic mass is 9.98. The molecule has 0 radical (unpaired) electrons. The second-order valence-electron chi connectivity index (χ2n) is 7.85. The van der Waals surface area contributed by atoms with E-state index in [2.05, 4.69) is 19.6 Å². The molecule has 36 heavy (non-hydrogen) atoms. The molecule has 0 unspecified atom stereocenters. The van der Waals surface area contributed by atoms with Gasteiger partial charge in [-0.2, -0.15) is 4.98 Å². The number of carboxylic acids is 1. The quantitative estimate of drug-likeness (QED) is 0.328. The molecule has 3 aromatic carbocycles. The summed E-state index contributed by atoms with van der Waals surface area (Å²) in [5.41, 5.74) is 3.65. The van der Waals surface area contributed by atoms with Crippen LogP contribution in [0.15, 0.2) is 76.0 Å². The summed E-state index contributed by atoms with van der Waals surface area (Å²) in [6, 6.07) is 19.1. The molecule has 0 aliphatic rings. The number of aromatic carboxylic acids is 1. The van der Waals surface area contributed by atoms with Crippen LogP contribution in [0, 0.1) is 0 Å². The summed E-state index contributed by atoms with van der Waals surface area (Å²) in [5, 5.41) is 13.4. The average Bonchev–Trinajstić information content (AvgIpc) is 3.46. The second-order valence-corrected chi connectivity index (χ2v) is 7.85. The van der Waals surface area contributed by atoms with Crippen LogP contribution in [0.25, 0.3) is 33.5 Å². The lowest BCUT2D eigenvalue weighted by Gasteiger charge is -2.12. The lowest BCUT2D eigenvalue weighted by molar-refractivity contribution is 0.0696. The maximum Gasteiger partial charge on any atom is 0.439 e. The summed E-state index contributed by atoms with van der Waals surface area (Å²) in [4.78, 5) is 30.0. The number of hydrogen-bond acceptors (Lipinski definition) is 6. The Kier molecular flexibility index (Phi) is 6.03. The Labute approximate surface area is 201 Å². The van der Waals surface area contributed by atoms with E-state index in [4.69, 9.17) is 4.74 Å². The zero-order valence-electron chi connectivity index (χ0n) is 18.5. The van der Waals surface area contributed by atoms with Crippen molar-refractivity contribution >= 4 is 17.0 Å². The molecule has 5 aromatic rings. The van der Waals surface area contributed by atoms with Crippen LogP contribution in [-0.4, -0.2) is 43.8 Å². The van der Waals surface area contributed by atoms with Gasteiger partial charge in [-0.1, -0.05) is 59.8 Å². The zero-order chi connectivity index (χ0) is 25.2. The summed E-state index contributed by atoms with van der Waals surface area (Å²) in [7, 11) is 0. The van der Waals surface area contributed by atoms with Gasteiger partial charge in [-0.15, -0.1) is 0 Å². The number of nitrogens with zero attached hydrogens (tertiary/aromatic N) is 3. The Morgan fingerprint density at radius 1 is 1.06 bits per heavy atom. The van der Waals surface area contributed by atoms with Gasteiger partial charge in [0.1, 0.15) is 0 Å². The van der Waals surface area contributed by atoms with Gasteiger partial charge in [0.15, 0.2) is 12.4 Å². The number of rotatable bonds is 8. The largest absolute Gasteiger partial charge is 0.478 e. The fourth-order valence-electron chi connectivity index (χ4n) is 3.99. The minimum Gasteiger partial charge on any atom is -0.478 e. The molecular formula is C25H18F2N4O5. The molecule has 0 saturated carbocycles. The number of alkyl halides is 2. The van der Waals surface area contributed by atoms with Crippen molar-refractivity contribution in [1.82, 2.24) is 19.7 Å². The first kappa shape index (κ1) is 23.0. The van der Waals surface area contributed by atoms with Crippen molar-refractivity contribution < 1.29 is 27.9 Å². The molecule has 2 heterocycles. The number of fused-ring (bicyclic) bond motifs is 1. The van der Waals surface area contributed by atoms with Gasteiger partial charge in [-0.3, -0.25) is 14.1 Å². The molecule has 0 amide bonds.